The fourth-order valence-electron chi connectivity index (χ4n) is 0.870. The van der Waals surface area contributed by atoms with Gasteiger partial charge in [-0.15, -0.1) is 11.3 Å². The van der Waals surface area contributed by atoms with Crippen LogP contribution in [-0.4, -0.2) is 23.7 Å². The van der Waals surface area contributed by atoms with Gasteiger partial charge >= 0.3 is 0 Å². The summed E-state index contributed by atoms with van der Waals surface area (Å²) in [6, 6.07) is 0. The fourth-order valence-corrected chi connectivity index (χ4v) is 1.93. The summed E-state index contributed by atoms with van der Waals surface area (Å²) in [7, 11) is 1.85. The third-order valence-corrected chi connectivity index (χ3v) is 2.86. The molecule has 0 spiro atoms. The van der Waals surface area contributed by atoms with E-state index in [0.29, 0.717) is 11.6 Å². The van der Waals surface area contributed by atoms with E-state index in [9.17, 15) is 5.11 Å². The molecule has 0 aliphatic heterocycles. The van der Waals surface area contributed by atoms with Gasteiger partial charge in [-0.3, -0.25) is 0 Å². The van der Waals surface area contributed by atoms with Gasteiger partial charge < -0.3 is 10.4 Å². The van der Waals surface area contributed by atoms with E-state index < -0.39 is 6.10 Å². The Balaban J connectivity index is 2.52. The Labute approximate surface area is 80.4 Å². The maximum atomic E-state index is 9.57. The van der Waals surface area contributed by atoms with Crippen LogP contribution in [0.25, 0.3) is 0 Å². The second kappa shape index (κ2) is 4.77. The molecule has 1 aromatic rings. The lowest BCUT2D eigenvalue weighted by Gasteiger charge is -2.07. The summed E-state index contributed by atoms with van der Waals surface area (Å²) in [6.07, 6.45) is 0.177. The van der Waals surface area contributed by atoms with E-state index in [1.807, 2.05) is 7.05 Å². The van der Waals surface area contributed by atoms with E-state index in [1.54, 1.807) is 5.51 Å². The quantitative estimate of drug-likeness (QED) is 0.784. The predicted octanol–water partition coefficient (Wildman–Crippen LogP) is 1.44. The number of aliphatic hydroxyl groups is 1. The Morgan fingerprint density at radius 2 is 2.58 bits per heavy atom. The van der Waals surface area contributed by atoms with Gasteiger partial charge in [0.1, 0.15) is 5.15 Å². The molecule has 12 heavy (non-hydrogen) atoms. The van der Waals surface area contributed by atoms with Crippen LogP contribution < -0.4 is 5.32 Å². The Kier molecular flexibility index (Phi) is 3.94. The first-order valence-corrected chi connectivity index (χ1v) is 4.93. The number of halogens is 1. The number of hydrogen-bond donors (Lipinski definition) is 2. The van der Waals surface area contributed by atoms with E-state index >= 15 is 0 Å². The molecule has 0 bridgehead atoms. The van der Waals surface area contributed by atoms with Crippen molar-refractivity contribution >= 4 is 22.9 Å². The predicted molar refractivity (Wildman–Crippen MR) is 50.6 cm³/mol. The second-order valence-corrected chi connectivity index (χ2v) is 3.66. The van der Waals surface area contributed by atoms with Crippen LogP contribution in [0, 0.1) is 0 Å². The maximum Gasteiger partial charge on any atom is 0.145 e. The van der Waals surface area contributed by atoms with Crippen LogP contribution in [0.15, 0.2) is 5.51 Å². The van der Waals surface area contributed by atoms with Crippen molar-refractivity contribution in [2.45, 2.75) is 12.5 Å². The lowest BCUT2D eigenvalue weighted by molar-refractivity contribution is 0.171. The smallest absolute Gasteiger partial charge is 0.145 e. The topological polar surface area (TPSA) is 45.1 Å². The van der Waals surface area contributed by atoms with Crippen LogP contribution in [0.1, 0.15) is 17.4 Å². The van der Waals surface area contributed by atoms with Crippen molar-refractivity contribution in [3.05, 3.63) is 15.5 Å². The summed E-state index contributed by atoms with van der Waals surface area (Å²) >= 11 is 7.12. The lowest BCUT2D eigenvalue weighted by atomic mass is 10.2. The number of rotatable bonds is 4. The average Bonchev–Trinajstić information content (AvgIpc) is 2.47. The summed E-state index contributed by atoms with van der Waals surface area (Å²) in [6.45, 7) is 0.773. The van der Waals surface area contributed by atoms with E-state index in [4.69, 9.17) is 11.6 Å². The number of thiazole rings is 1. The van der Waals surface area contributed by atoms with Crippen molar-refractivity contribution in [3.63, 3.8) is 0 Å². The minimum absolute atomic E-state index is 0.420. The first-order valence-electron chi connectivity index (χ1n) is 3.67. The molecule has 0 saturated carbocycles. The summed E-state index contributed by atoms with van der Waals surface area (Å²) in [5.74, 6) is 0. The molecule has 0 aromatic carbocycles. The third kappa shape index (κ3) is 2.42. The molecule has 0 amide bonds. The molecule has 2 N–H and O–H groups in total. The molecule has 68 valence electrons. The van der Waals surface area contributed by atoms with Crippen molar-refractivity contribution < 1.29 is 5.11 Å². The van der Waals surface area contributed by atoms with Gasteiger partial charge in [0.2, 0.25) is 0 Å². The molecule has 1 atom stereocenters. The zero-order chi connectivity index (χ0) is 8.97. The van der Waals surface area contributed by atoms with Crippen LogP contribution in [0.5, 0.6) is 0 Å². The maximum absolute atomic E-state index is 9.57. The van der Waals surface area contributed by atoms with E-state index in [-0.39, 0.29) is 0 Å². The van der Waals surface area contributed by atoms with Gasteiger partial charge in [-0.1, -0.05) is 11.6 Å². The number of aromatic nitrogens is 1. The van der Waals surface area contributed by atoms with Crippen LogP contribution >= 0.6 is 22.9 Å². The van der Waals surface area contributed by atoms with Crippen LogP contribution in [0.2, 0.25) is 5.15 Å². The molecular formula is C7H11ClN2OS. The average molecular weight is 207 g/mol. The minimum Gasteiger partial charge on any atom is -0.387 e. The van der Waals surface area contributed by atoms with Crippen molar-refractivity contribution in [3.8, 4) is 0 Å². The van der Waals surface area contributed by atoms with Gasteiger partial charge in [-0.2, -0.15) is 0 Å². The van der Waals surface area contributed by atoms with Gasteiger partial charge in [-0.05, 0) is 20.0 Å². The Morgan fingerprint density at radius 1 is 1.83 bits per heavy atom. The molecular weight excluding hydrogens is 196 g/mol. The molecule has 0 radical (unpaired) electrons. The highest BCUT2D eigenvalue weighted by atomic mass is 35.5. The zero-order valence-corrected chi connectivity index (χ0v) is 8.32. The first kappa shape index (κ1) is 9.92. The summed E-state index contributed by atoms with van der Waals surface area (Å²) in [5.41, 5.74) is 1.64. The molecule has 0 saturated heterocycles. The summed E-state index contributed by atoms with van der Waals surface area (Å²) in [5, 5.41) is 12.9. The monoisotopic (exact) mass is 206 g/mol. The highest BCUT2D eigenvalue weighted by molar-refractivity contribution is 7.10. The molecule has 1 unspecified atom stereocenters. The Hall–Kier alpha value is -0.160. The van der Waals surface area contributed by atoms with E-state index in [2.05, 4.69) is 10.3 Å². The molecule has 0 fully saturated rings. The van der Waals surface area contributed by atoms with Gasteiger partial charge in [0.05, 0.1) is 16.5 Å². The molecule has 0 aliphatic rings. The van der Waals surface area contributed by atoms with Crippen molar-refractivity contribution in [1.82, 2.24) is 10.3 Å². The standard InChI is InChI=1S/C7H11ClN2OS/c1-9-3-2-5(11)6-7(8)10-4-12-6/h4-5,9,11H,2-3H2,1H3. The lowest BCUT2D eigenvalue weighted by Crippen LogP contribution is -2.11. The first-order chi connectivity index (χ1) is 5.75. The van der Waals surface area contributed by atoms with Crippen LogP contribution in [-0.2, 0) is 0 Å². The SMILES string of the molecule is CNCCC(O)c1scnc1Cl. The van der Waals surface area contributed by atoms with Crippen LogP contribution in [0.3, 0.4) is 0 Å². The van der Waals surface area contributed by atoms with Crippen molar-refractivity contribution in [2.75, 3.05) is 13.6 Å². The third-order valence-electron chi connectivity index (χ3n) is 1.52. The summed E-state index contributed by atoms with van der Waals surface area (Å²) < 4.78 is 0. The van der Waals surface area contributed by atoms with Gasteiger partial charge in [0, 0.05) is 0 Å². The number of hydrogen-bond acceptors (Lipinski definition) is 4. The number of aliphatic hydroxyl groups excluding tert-OH is 1. The van der Waals surface area contributed by atoms with Gasteiger partial charge in [-0.25, -0.2) is 4.98 Å². The number of nitrogens with one attached hydrogen (secondary N) is 1. The normalized spacial score (nSPS) is 13.2. The fraction of sp³-hybridized carbons (Fsp3) is 0.571. The van der Waals surface area contributed by atoms with Gasteiger partial charge in [0.25, 0.3) is 0 Å². The van der Waals surface area contributed by atoms with E-state index in [0.717, 1.165) is 11.4 Å². The molecule has 5 heteroatoms. The van der Waals surface area contributed by atoms with Crippen molar-refractivity contribution in [1.29, 1.82) is 0 Å². The minimum atomic E-state index is -0.488. The Bertz CT molecular complexity index is 241. The molecule has 3 nitrogen and oxygen atoms in total. The molecule has 0 aliphatic carbocycles. The van der Waals surface area contributed by atoms with Crippen LogP contribution in [0.4, 0.5) is 0 Å². The van der Waals surface area contributed by atoms with Crippen molar-refractivity contribution in [2.24, 2.45) is 0 Å². The largest absolute Gasteiger partial charge is 0.387 e. The molecule has 1 heterocycles. The zero-order valence-electron chi connectivity index (χ0n) is 6.75. The highest BCUT2D eigenvalue weighted by Crippen LogP contribution is 2.27. The Morgan fingerprint density at radius 3 is 3.08 bits per heavy atom. The molecule has 1 rings (SSSR count). The van der Waals surface area contributed by atoms with E-state index in [1.165, 1.54) is 11.3 Å². The second-order valence-electron chi connectivity index (χ2n) is 2.42. The highest BCUT2D eigenvalue weighted by Gasteiger charge is 2.12. The summed E-state index contributed by atoms with van der Waals surface area (Å²) in [4.78, 5) is 4.61. The molecule has 1 aromatic heterocycles. The number of nitrogens with zero attached hydrogens (tertiary/aromatic N) is 1. The van der Waals surface area contributed by atoms with Gasteiger partial charge in [0.15, 0.2) is 0 Å².